The first kappa shape index (κ1) is 14.9. The molecule has 0 radical (unpaired) electrons. The van der Waals surface area contributed by atoms with Crippen LogP contribution in [0.4, 0.5) is 4.79 Å². The number of carbonyl (C=O) groups excluding carboxylic acids is 1. The Morgan fingerprint density at radius 2 is 2.05 bits per heavy atom. The molecule has 1 aromatic carbocycles. The van der Waals surface area contributed by atoms with Gasteiger partial charge in [-0.2, -0.15) is 0 Å². The summed E-state index contributed by atoms with van der Waals surface area (Å²) in [7, 11) is 0. The predicted octanol–water partition coefficient (Wildman–Crippen LogP) is 2.99. The zero-order valence-electron chi connectivity index (χ0n) is 12.4. The Bertz CT molecular complexity index is 423. The molecule has 1 unspecified atom stereocenters. The topological polar surface area (TPSA) is 41.6 Å². The van der Waals surface area contributed by atoms with E-state index >= 15 is 0 Å². The van der Waals surface area contributed by atoms with Crippen molar-refractivity contribution >= 4 is 6.09 Å². The summed E-state index contributed by atoms with van der Waals surface area (Å²) >= 11 is 0. The summed E-state index contributed by atoms with van der Waals surface area (Å²) in [5, 5.41) is 3.27. The number of rotatable bonds is 3. The van der Waals surface area contributed by atoms with Crippen molar-refractivity contribution in [1.82, 2.24) is 10.2 Å². The van der Waals surface area contributed by atoms with E-state index in [1.165, 1.54) is 5.56 Å². The number of nitrogens with one attached hydrogen (secondary N) is 1. The van der Waals surface area contributed by atoms with Crippen molar-refractivity contribution in [3.05, 3.63) is 29.8 Å². The van der Waals surface area contributed by atoms with Crippen molar-refractivity contribution in [2.75, 3.05) is 26.2 Å². The molecule has 4 heteroatoms. The Hall–Kier alpha value is -1.55. The van der Waals surface area contributed by atoms with Crippen molar-refractivity contribution < 1.29 is 9.53 Å². The lowest BCUT2D eigenvalue weighted by atomic mass is 9.99. The first-order chi connectivity index (χ1) is 9.70. The second-order valence-corrected chi connectivity index (χ2v) is 5.34. The standard InChI is InChI=1S/C16H24N2O2/c1-3-13(2)14-5-7-15(8-6-14)20-16(19)18-11-4-9-17-10-12-18/h5-8,13,17H,3-4,9-12H2,1-2H3. The molecule has 1 atom stereocenters. The molecule has 1 aliphatic rings. The van der Waals surface area contributed by atoms with E-state index in [1.807, 2.05) is 24.3 Å². The molecule has 0 bridgehead atoms. The largest absolute Gasteiger partial charge is 0.415 e. The highest BCUT2D eigenvalue weighted by Gasteiger charge is 2.17. The van der Waals surface area contributed by atoms with E-state index in [4.69, 9.17) is 4.74 Å². The van der Waals surface area contributed by atoms with Crippen LogP contribution >= 0.6 is 0 Å². The summed E-state index contributed by atoms with van der Waals surface area (Å²) in [6, 6.07) is 7.85. The van der Waals surface area contributed by atoms with Crippen molar-refractivity contribution in [3.63, 3.8) is 0 Å². The molecule has 1 aromatic rings. The number of hydrogen-bond donors (Lipinski definition) is 1. The Labute approximate surface area is 121 Å². The van der Waals surface area contributed by atoms with Gasteiger partial charge in [-0.1, -0.05) is 26.0 Å². The second kappa shape index (κ2) is 7.29. The van der Waals surface area contributed by atoms with Crippen LogP contribution in [0.2, 0.25) is 0 Å². The average molecular weight is 276 g/mol. The van der Waals surface area contributed by atoms with Crippen molar-refractivity contribution in [3.8, 4) is 5.75 Å². The molecule has 2 rings (SSSR count). The minimum Gasteiger partial charge on any atom is -0.410 e. The molecule has 20 heavy (non-hydrogen) atoms. The first-order valence-electron chi connectivity index (χ1n) is 7.48. The number of carbonyl (C=O) groups is 1. The van der Waals surface area contributed by atoms with E-state index < -0.39 is 0 Å². The molecule has 1 aliphatic heterocycles. The third-order valence-electron chi connectivity index (χ3n) is 3.86. The van der Waals surface area contributed by atoms with Crippen molar-refractivity contribution in [2.45, 2.75) is 32.6 Å². The van der Waals surface area contributed by atoms with Crippen molar-refractivity contribution in [1.29, 1.82) is 0 Å². The number of nitrogens with zero attached hydrogens (tertiary/aromatic N) is 1. The monoisotopic (exact) mass is 276 g/mol. The predicted molar refractivity (Wildman–Crippen MR) is 80.2 cm³/mol. The maximum absolute atomic E-state index is 12.1. The summed E-state index contributed by atoms with van der Waals surface area (Å²) in [5.41, 5.74) is 1.28. The van der Waals surface area contributed by atoms with Crippen LogP contribution in [0.5, 0.6) is 5.75 Å². The van der Waals surface area contributed by atoms with Gasteiger partial charge in [0.15, 0.2) is 0 Å². The van der Waals surface area contributed by atoms with Gasteiger partial charge < -0.3 is 15.0 Å². The Morgan fingerprint density at radius 1 is 1.30 bits per heavy atom. The molecule has 0 spiro atoms. The first-order valence-corrected chi connectivity index (χ1v) is 7.48. The van der Waals surface area contributed by atoms with Gasteiger partial charge in [0.1, 0.15) is 5.75 Å². The van der Waals surface area contributed by atoms with E-state index in [-0.39, 0.29) is 6.09 Å². The van der Waals surface area contributed by atoms with Gasteiger partial charge in [0.05, 0.1) is 0 Å². The Kier molecular flexibility index (Phi) is 5.41. The quantitative estimate of drug-likeness (QED) is 0.922. The average Bonchev–Trinajstić information content (AvgIpc) is 2.76. The maximum atomic E-state index is 12.1. The zero-order chi connectivity index (χ0) is 14.4. The van der Waals surface area contributed by atoms with Gasteiger partial charge in [0.25, 0.3) is 0 Å². The molecule has 1 fully saturated rings. The molecule has 4 nitrogen and oxygen atoms in total. The van der Waals surface area contributed by atoms with Crippen LogP contribution in [0.3, 0.4) is 0 Å². The molecular formula is C16H24N2O2. The SMILES string of the molecule is CCC(C)c1ccc(OC(=O)N2CCCNCC2)cc1. The Morgan fingerprint density at radius 3 is 2.75 bits per heavy atom. The highest BCUT2D eigenvalue weighted by atomic mass is 16.6. The van der Waals surface area contributed by atoms with Gasteiger partial charge in [-0.3, -0.25) is 0 Å². The number of hydrogen-bond acceptors (Lipinski definition) is 3. The van der Waals surface area contributed by atoms with Gasteiger partial charge in [-0.15, -0.1) is 0 Å². The van der Waals surface area contributed by atoms with Crippen molar-refractivity contribution in [2.24, 2.45) is 0 Å². The third kappa shape index (κ3) is 3.97. The van der Waals surface area contributed by atoms with Gasteiger partial charge in [0.2, 0.25) is 0 Å². The van der Waals surface area contributed by atoms with Crippen LogP contribution in [0.15, 0.2) is 24.3 Å². The molecule has 0 saturated carbocycles. The van der Waals surface area contributed by atoms with E-state index in [1.54, 1.807) is 4.90 Å². The molecule has 110 valence electrons. The lowest BCUT2D eigenvalue weighted by Gasteiger charge is -2.19. The normalized spacial score (nSPS) is 17.4. The smallest absolute Gasteiger partial charge is 0.410 e. The Balaban J connectivity index is 1.93. The molecule has 1 N–H and O–H groups in total. The lowest BCUT2D eigenvalue weighted by molar-refractivity contribution is 0.155. The molecule has 1 heterocycles. The van der Waals surface area contributed by atoms with E-state index in [0.29, 0.717) is 18.2 Å². The summed E-state index contributed by atoms with van der Waals surface area (Å²) in [6.45, 7) is 7.65. The summed E-state index contributed by atoms with van der Waals surface area (Å²) in [4.78, 5) is 13.8. The van der Waals surface area contributed by atoms with E-state index in [9.17, 15) is 4.79 Å². The number of amides is 1. The van der Waals surface area contributed by atoms with Crippen LogP contribution < -0.4 is 10.1 Å². The van der Waals surface area contributed by atoms with Gasteiger partial charge >= 0.3 is 6.09 Å². The van der Waals surface area contributed by atoms with Crippen LogP contribution in [-0.4, -0.2) is 37.2 Å². The molecule has 1 saturated heterocycles. The second-order valence-electron chi connectivity index (χ2n) is 5.34. The van der Waals surface area contributed by atoms with Gasteiger partial charge in [-0.05, 0) is 43.0 Å². The zero-order valence-corrected chi connectivity index (χ0v) is 12.4. The third-order valence-corrected chi connectivity index (χ3v) is 3.86. The van der Waals surface area contributed by atoms with E-state index in [2.05, 4.69) is 19.2 Å². The minimum atomic E-state index is -0.245. The highest BCUT2D eigenvalue weighted by molar-refractivity contribution is 5.70. The maximum Gasteiger partial charge on any atom is 0.415 e. The molecular weight excluding hydrogens is 252 g/mol. The fourth-order valence-electron chi connectivity index (χ4n) is 2.29. The highest BCUT2D eigenvalue weighted by Crippen LogP contribution is 2.21. The lowest BCUT2D eigenvalue weighted by Crippen LogP contribution is -2.36. The summed E-state index contributed by atoms with van der Waals surface area (Å²) < 4.78 is 5.44. The molecule has 0 aliphatic carbocycles. The minimum absolute atomic E-state index is 0.245. The van der Waals surface area contributed by atoms with Crippen LogP contribution in [0, 0.1) is 0 Å². The summed E-state index contributed by atoms with van der Waals surface area (Å²) in [6.07, 6.45) is 1.84. The number of ether oxygens (including phenoxy) is 1. The van der Waals surface area contributed by atoms with Crippen LogP contribution in [-0.2, 0) is 0 Å². The van der Waals surface area contributed by atoms with Crippen LogP contribution in [0.1, 0.15) is 38.2 Å². The number of benzene rings is 1. The molecule has 0 aromatic heterocycles. The van der Waals surface area contributed by atoms with E-state index in [0.717, 1.165) is 32.5 Å². The van der Waals surface area contributed by atoms with Gasteiger partial charge in [-0.25, -0.2) is 4.79 Å². The van der Waals surface area contributed by atoms with Crippen LogP contribution in [0.25, 0.3) is 0 Å². The fourth-order valence-corrected chi connectivity index (χ4v) is 2.29. The summed E-state index contributed by atoms with van der Waals surface area (Å²) in [5.74, 6) is 1.16. The fraction of sp³-hybridized carbons (Fsp3) is 0.562. The molecule has 1 amide bonds. The van der Waals surface area contributed by atoms with Gasteiger partial charge in [0, 0.05) is 19.6 Å².